The normalized spacial score (nSPS) is 16.6. The molecule has 8 heteroatoms. The molecular formula is C31H36N2O5S. The van der Waals surface area contributed by atoms with Crippen LogP contribution < -0.4 is 5.32 Å². The number of nitrogens with one attached hydrogen (secondary N) is 1. The summed E-state index contributed by atoms with van der Waals surface area (Å²) in [6.07, 6.45) is 4.13. The fourth-order valence-electron chi connectivity index (χ4n) is 5.27. The average molecular weight is 549 g/mol. The van der Waals surface area contributed by atoms with Crippen LogP contribution in [0.2, 0.25) is 0 Å². The number of carbonyl (C=O) groups is 2. The molecule has 1 fully saturated rings. The number of sulfone groups is 1. The molecule has 1 heterocycles. The molecule has 1 saturated heterocycles. The minimum absolute atomic E-state index is 0.199. The maximum Gasteiger partial charge on any atom is 0.326 e. The van der Waals surface area contributed by atoms with E-state index in [1.54, 1.807) is 6.07 Å². The maximum absolute atomic E-state index is 13.4. The molecule has 7 nitrogen and oxygen atoms in total. The second kappa shape index (κ2) is 12.6. The third-order valence-electron chi connectivity index (χ3n) is 7.34. The Bertz CT molecular complexity index is 1420. The zero-order valence-electron chi connectivity index (χ0n) is 22.5. The van der Waals surface area contributed by atoms with Crippen LogP contribution in [0.3, 0.4) is 0 Å². The zero-order chi connectivity index (χ0) is 28.0. The predicted molar refractivity (Wildman–Crippen MR) is 153 cm³/mol. The van der Waals surface area contributed by atoms with Crippen molar-refractivity contribution < 1.29 is 23.1 Å². The highest BCUT2D eigenvalue weighted by Gasteiger charge is 2.27. The van der Waals surface area contributed by atoms with Crippen molar-refractivity contribution in [2.45, 2.75) is 51.2 Å². The van der Waals surface area contributed by atoms with E-state index >= 15 is 0 Å². The molecule has 0 aliphatic carbocycles. The lowest BCUT2D eigenvalue weighted by atomic mass is 9.93. The highest BCUT2D eigenvalue weighted by molar-refractivity contribution is 7.90. The minimum Gasteiger partial charge on any atom is -0.480 e. The van der Waals surface area contributed by atoms with Crippen molar-refractivity contribution in [2.24, 2.45) is 0 Å². The molecule has 39 heavy (non-hydrogen) atoms. The molecule has 0 unspecified atom stereocenters. The van der Waals surface area contributed by atoms with E-state index in [0.29, 0.717) is 11.6 Å². The summed E-state index contributed by atoms with van der Waals surface area (Å²) >= 11 is 0. The third-order valence-corrected chi connectivity index (χ3v) is 8.32. The number of nitrogens with zero attached hydrogens (tertiary/aromatic N) is 1. The number of rotatable bonds is 11. The molecule has 0 saturated carbocycles. The number of aliphatic carboxylic acids is 1. The Labute approximate surface area is 230 Å². The van der Waals surface area contributed by atoms with E-state index in [4.69, 9.17) is 0 Å². The second-order valence-electron chi connectivity index (χ2n) is 10.4. The van der Waals surface area contributed by atoms with Crippen LogP contribution in [0.5, 0.6) is 0 Å². The molecule has 2 N–H and O–H groups in total. The first-order valence-corrected chi connectivity index (χ1v) is 15.3. The molecule has 1 amide bonds. The molecule has 1 aliphatic rings. The van der Waals surface area contributed by atoms with Gasteiger partial charge < -0.3 is 10.4 Å². The lowest BCUT2D eigenvalue weighted by Gasteiger charge is -2.25. The fourth-order valence-corrected chi connectivity index (χ4v) is 5.93. The predicted octanol–water partition coefficient (Wildman–Crippen LogP) is 4.49. The fraction of sp³-hybridized carbons (Fsp3) is 0.355. The van der Waals surface area contributed by atoms with Crippen LogP contribution in [0.25, 0.3) is 11.1 Å². The van der Waals surface area contributed by atoms with Crippen LogP contribution in [-0.4, -0.2) is 60.9 Å². The van der Waals surface area contributed by atoms with Crippen LogP contribution in [0.4, 0.5) is 0 Å². The number of aryl methyl sites for hydroxylation is 1. The van der Waals surface area contributed by atoms with E-state index in [9.17, 15) is 23.1 Å². The third kappa shape index (κ3) is 7.77. The number of hydrogen-bond acceptors (Lipinski definition) is 5. The molecule has 3 aromatic carbocycles. The lowest BCUT2D eigenvalue weighted by Crippen LogP contribution is -2.42. The summed E-state index contributed by atoms with van der Waals surface area (Å²) in [5, 5.41) is 12.2. The second-order valence-corrected chi connectivity index (χ2v) is 12.7. The Kier molecular flexibility index (Phi) is 9.20. The van der Waals surface area contributed by atoms with Gasteiger partial charge in [-0.1, -0.05) is 60.7 Å². The van der Waals surface area contributed by atoms with Gasteiger partial charge in [0.2, 0.25) is 0 Å². The Hall–Kier alpha value is -3.49. The Balaban J connectivity index is 1.60. The smallest absolute Gasteiger partial charge is 0.326 e. The number of amides is 1. The molecule has 1 aliphatic heterocycles. The van der Waals surface area contributed by atoms with Gasteiger partial charge in [-0.2, -0.15) is 0 Å². The van der Waals surface area contributed by atoms with Crippen LogP contribution in [0.1, 0.15) is 46.3 Å². The number of carboxylic acids is 1. The van der Waals surface area contributed by atoms with Crippen molar-refractivity contribution in [2.75, 3.05) is 18.6 Å². The van der Waals surface area contributed by atoms with E-state index in [-0.39, 0.29) is 12.2 Å². The van der Waals surface area contributed by atoms with E-state index < -0.39 is 27.8 Å². The molecule has 0 aromatic heterocycles. The van der Waals surface area contributed by atoms with Gasteiger partial charge in [-0.25, -0.2) is 13.2 Å². The lowest BCUT2D eigenvalue weighted by molar-refractivity contribution is -0.139. The van der Waals surface area contributed by atoms with Gasteiger partial charge in [0.1, 0.15) is 15.9 Å². The first kappa shape index (κ1) is 28.5. The number of carbonyl (C=O) groups excluding carboxylic acids is 1. The highest BCUT2D eigenvalue weighted by atomic mass is 32.2. The zero-order valence-corrected chi connectivity index (χ0v) is 23.3. The first-order chi connectivity index (χ1) is 18.6. The number of likely N-dealkylation sites (tertiary alicyclic amines) is 1. The average Bonchev–Trinajstić information content (AvgIpc) is 3.32. The molecule has 0 bridgehead atoms. The SMILES string of the molecule is Cc1ccccc1-c1cc(CN2CCC[C@@H]2Cc2ccccc2)ccc1C(=O)N[C@@H](CCS(C)(=O)=O)C(=O)O. The highest BCUT2D eigenvalue weighted by Crippen LogP contribution is 2.30. The summed E-state index contributed by atoms with van der Waals surface area (Å²) in [6, 6.07) is 23.2. The quantitative estimate of drug-likeness (QED) is 0.366. The van der Waals surface area contributed by atoms with Crippen LogP contribution in [0, 0.1) is 6.92 Å². The van der Waals surface area contributed by atoms with Gasteiger partial charge in [0.25, 0.3) is 5.91 Å². The maximum atomic E-state index is 13.4. The van der Waals surface area contributed by atoms with Gasteiger partial charge >= 0.3 is 5.97 Å². The van der Waals surface area contributed by atoms with Gasteiger partial charge in [0.05, 0.1) is 5.75 Å². The van der Waals surface area contributed by atoms with Gasteiger partial charge in [0, 0.05) is 24.4 Å². The van der Waals surface area contributed by atoms with Crippen molar-refractivity contribution in [3.63, 3.8) is 0 Å². The van der Waals surface area contributed by atoms with Crippen molar-refractivity contribution >= 4 is 21.7 Å². The number of hydrogen-bond donors (Lipinski definition) is 2. The summed E-state index contributed by atoms with van der Waals surface area (Å²) < 4.78 is 23.2. The largest absolute Gasteiger partial charge is 0.480 e. The summed E-state index contributed by atoms with van der Waals surface area (Å²) in [5.74, 6) is -2.13. The van der Waals surface area contributed by atoms with Crippen LogP contribution >= 0.6 is 0 Å². The van der Waals surface area contributed by atoms with E-state index in [1.165, 1.54) is 5.56 Å². The van der Waals surface area contributed by atoms with Gasteiger partial charge in [-0.15, -0.1) is 0 Å². The molecule has 206 valence electrons. The summed E-state index contributed by atoms with van der Waals surface area (Å²) in [7, 11) is -3.37. The Morgan fingerprint density at radius 1 is 1.00 bits per heavy atom. The van der Waals surface area contributed by atoms with Crippen molar-refractivity contribution in [3.05, 3.63) is 95.1 Å². The van der Waals surface area contributed by atoms with Crippen molar-refractivity contribution in [1.29, 1.82) is 0 Å². The van der Waals surface area contributed by atoms with E-state index in [1.807, 2.05) is 49.4 Å². The molecule has 2 atom stereocenters. The van der Waals surface area contributed by atoms with E-state index in [0.717, 1.165) is 60.9 Å². The molecule has 0 radical (unpaired) electrons. The topological polar surface area (TPSA) is 104 Å². The number of benzene rings is 3. The Morgan fingerprint density at radius 3 is 2.41 bits per heavy atom. The minimum atomic E-state index is -3.37. The summed E-state index contributed by atoms with van der Waals surface area (Å²) in [6.45, 7) is 3.75. The standard InChI is InChI=1S/C31H36N2O5S/c1-22-9-6-7-13-26(22)28-20-24(21-33-17-8-12-25(33)19-23-10-4-3-5-11-23)14-15-27(28)30(34)32-29(31(35)36)16-18-39(2,37)38/h3-7,9-11,13-15,20,25,29H,8,12,16-19,21H2,1-2H3,(H,32,34)(H,35,36)/t25-,29+/m1/s1. The monoisotopic (exact) mass is 548 g/mol. The van der Waals surface area contributed by atoms with Crippen molar-refractivity contribution in [1.82, 2.24) is 10.2 Å². The van der Waals surface area contributed by atoms with Gasteiger partial charge in [0.15, 0.2) is 0 Å². The molecule has 4 rings (SSSR count). The van der Waals surface area contributed by atoms with Crippen molar-refractivity contribution in [3.8, 4) is 11.1 Å². The number of carboxylic acid groups (broad SMARTS) is 1. The molecular weight excluding hydrogens is 512 g/mol. The van der Waals surface area contributed by atoms with Crippen LogP contribution in [-0.2, 0) is 27.6 Å². The molecule has 3 aromatic rings. The van der Waals surface area contributed by atoms with Gasteiger partial charge in [-0.05, 0) is 79.1 Å². The van der Waals surface area contributed by atoms with Crippen LogP contribution in [0.15, 0.2) is 72.8 Å². The first-order valence-electron chi connectivity index (χ1n) is 13.3. The summed E-state index contributed by atoms with van der Waals surface area (Å²) in [4.78, 5) is 27.6. The summed E-state index contributed by atoms with van der Waals surface area (Å²) in [5.41, 5.74) is 5.39. The van der Waals surface area contributed by atoms with E-state index in [2.05, 4.69) is 34.5 Å². The Morgan fingerprint density at radius 2 is 1.72 bits per heavy atom. The van der Waals surface area contributed by atoms with Gasteiger partial charge in [-0.3, -0.25) is 9.69 Å². The molecule has 0 spiro atoms.